The maximum absolute atomic E-state index is 12.5. The molecule has 3 N–H and O–H groups in total. The van der Waals surface area contributed by atoms with Crippen molar-refractivity contribution in [3.05, 3.63) is 129 Å². The summed E-state index contributed by atoms with van der Waals surface area (Å²) in [6, 6.07) is 25.6. The third-order valence-electron chi connectivity index (χ3n) is 7.04. The molecule has 226 valence electrons. The number of nitrogens with zero attached hydrogens (tertiary/aromatic N) is 1. The van der Waals surface area contributed by atoms with E-state index in [1.165, 1.54) is 16.8 Å². The lowest BCUT2D eigenvalue weighted by atomic mass is 9.80. The molecule has 13 heteroatoms. The zero-order valence-corrected chi connectivity index (χ0v) is 24.3. The highest BCUT2D eigenvalue weighted by Crippen LogP contribution is 2.43. The SMILES string of the molecule is COc1ccc(C(OC[C@H]2O[C@@H](n3ccc(=O)[nH]c3=O)CO[C@@H]2OP(O)O)(c2ccccc2)c2ccc(OC)cc2)cc1. The second kappa shape index (κ2) is 13.6. The summed E-state index contributed by atoms with van der Waals surface area (Å²) in [6.45, 7) is -0.355. The van der Waals surface area contributed by atoms with Crippen LogP contribution in [-0.4, -0.2) is 59.2 Å². The first-order chi connectivity index (χ1) is 20.8. The quantitative estimate of drug-likeness (QED) is 0.171. The highest BCUT2D eigenvalue weighted by molar-refractivity contribution is 7.39. The average Bonchev–Trinajstić information content (AvgIpc) is 3.03. The van der Waals surface area contributed by atoms with E-state index in [1.54, 1.807) is 14.2 Å². The molecular formula is C30H31N2O10P. The summed E-state index contributed by atoms with van der Waals surface area (Å²) >= 11 is 0. The van der Waals surface area contributed by atoms with Crippen LogP contribution in [0, 0.1) is 0 Å². The third-order valence-corrected chi connectivity index (χ3v) is 7.43. The van der Waals surface area contributed by atoms with Crippen molar-refractivity contribution < 1.29 is 38.0 Å². The predicted molar refractivity (Wildman–Crippen MR) is 156 cm³/mol. The molecule has 0 amide bonds. The number of aromatic amines is 1. The first kappa shape index (κ1) is 30.6. The lowest BCUT2D eigenvalue weighted by Crippen LogP contribution is -2.49. The molecule has 0 bridgehead atoms. The van der Waals surface area contributed by atoms with Crippen LogP contribution in [0.3, 0.4) is 0 Å². The first-order valence-corrected chi connectivity index (χ1v) is 14.4. The Morgan fingerprint density at radius 1 is 0.884 bits per heavy atom. The van der Waals surface area contributed by atoms with Gasteiger partial charge in [0.2, 0.25) is 0 Å². The molecule has 0 radical (unpaired) electrons. The van der Waals surface area contributed by atoms with Crippen molar-refractivity contribution in [2.75, 3.05) is 27.4 Å². The smallest absolute Gasteiger partial charge is 0.330 e. The summed E-state index contributed by atoms with van der Waals surface area (Å²) < 4.78 is 36.0. The lowest BCUT2D eigenvalue weighted by molar-refractivity contribution is -0.276. The van der Waals surface area contributed by atoms with Crippen molar-refractivity contribution in [1.82, 2.24) is 9.55 Å². The molecule has 1 fully saturated rings. The van der Waals surface area contributed by atoms with E-state index in [0.29, 0.717) is 11.5 Å². The van der Waals surface area contributed by atoms with E-state index in [2.05, 4.69) is 4.98 Å². The van der Waals surface area contributed by atoms with E-state index in [1.807, 2.05) is 78.9 Å². The molecule has 1 saturated heterocycles. The van der Waals surface area contributed by atoms with Gasteiger partial charge in [-0.1, -0.05) is 54.6 Å². The third kappa shape index (κ3) is 6.71. The Morgan fingerprint density at radius 2 is 1.47 bits per heavy atom. The van der Waals surface area contributed by atoms with E-state index in [0.717, 1.165) is 16.7 Å². The maximum atomic E-state index is 12.5. The van der Waals surface area contributed by atoms with Gasteiger partial charge in [-0.05, 0) is 41.0 Å². The summed E-state index contributed by atoms with van der Waals surface area (Å²) in [4.78, 5) is 45.6. The summed E-state index contributed by atoms with van der Waals surface area (Å²) in [6.07, 6.45) is -1.95. The van der Waals surface area contributed by atoms with E-state index < -0.39 is 44.1 Å². The zero-order chi connectivity index (χ0) is 30.4. The molecule has 0 unspecified atom stereocenters. The van der Waals surface area contributed by atoms with E-state index in [9.17, 15) is 19.4 Å². The summed E-state index contributed by atoms with van der Waals surface area (Å²) in [5.74, 6) is 1.32. The first-order valence-electron chi connectivity index (χ1n) is 13.3. The van der Waals surface area contributed by atoms with Gasteiger partial charge in [0, 0.05) is 12.3 Å². The molecule has 1 aromatic heterocycles. The second-order valence-corrected chi connectivity index (χ2v) is 10.2. The van der Waals surface area contributed by atoms with Gasteiger partial charge in [0.25, 0.3) is 5.56 Å². The van der Waals surface area contributed by atoms with Crippen LogP contribution >= 0.6 is 8.60 Å². The number of ether oxygens (including phenoxy) is 5. The molecule has 0 aliphatic carbocycles. The highest BCUT2D eigenvalue weighted by Gasteiger charge is 2.42. The number of aromatic nitrogens is 2. The Kier molecular flexibility index (Phi) is 9.69. The fourth-order valence-electron chi connectivity index (χ4n) is 4.98. The number of rotatable bonds is 11. The van der Waals surface area contributed by atoms with Gasteiger partial charge in [-0.15, -0.1) is 0 Å². The van der Waals surface area contributed by atoms with Crippen molar-refractivity contribution in [2.24, 2.45) is 0 Å². The summed E-state index contributed by atoms with van der Waals surface area (Å²) in [7, 11) is 0.354. The topological polar surface area (TPSA) is 151 Å². The number of benzene rings is 3. The normalized spacial score (nSPS) is 18.9. The van der Waals surface area contributed by atoms with Crippen LogP contribution in [0.15, 0.2) is 101 Å². The molecule has 1 aliphatic rings. The largest absolute Gasteiger partial charge is 0.497 e. The van der Waals surface area contributed by atoms with Crippen LogP contribution < -0.4 is 20.7 Å². The van der Waals surface area contributed by atoms with E-state index in [4.69, 9.17) is 28.2 Å². The van der Waals surface area contributed by atoms with Gasteiger partial charge in [0.1, 0.15) is 23.2 Å². The van der Waals surface area contributed by atoms with Crippen LogP contribution in [0.25, 0.3) is 0 Å². The Morgan fingerprint density at radius 3 is 2.00 bits per heavy atom. The van der Waals surface area contributed by atoms with Gasteiger partial charge in [-0.2, -0.15) is 0 Å². The zero-order valence-electron chi connectivity index (χ0n) is 23.4. The molecule has 2 heterocycles. The van der Waals surface area contributed by atoms with Crippen LogP contribution in [-0.2, 0) is 24.3 Å². The Hall–Kier alpha value is -3.87. The Bertz CT molecular complexity index is 1550. The standard InChI is InChI=1S/C30H31N2O10P/c1-37-23-12-8-21(9-13-23)30(20-6-4-3-5-7-20,22-10-14-24(38-2)15-11-22)40-18-25-28(42-43(35)36)39-19-27(41-25)32-17-16-26(33)31-29(32)34/h3-17,25,27-28,35-36H,18-19H2,1-2H3,(H,31,33,34)/t25-,27-,28-/m1/s1. The van der Waals surface area contributed by atoms with Gasteiger partial charge in [0.05, 0.1) is 27.4 Å². The molecule has 3 aromatic carbocycles. The number of hydrogen-bond donors (Lipinski definition) is 3. The monoisotopic (exact) mass is 610 g/mol. The molecule has 0 spiro atoms. The lowest BCUT2D eigenvalue weighted by Gasteiger charge is -2.40. The number of hydrogen-bond acceptors (Lipinski definition) is 10. The molecule has 43 heavy (non-hydrogen) atoms. The predicted octanol–water partition coefficient (Wildman–Crippen LogP) is 3.03. The number of methoxy groups -OCH3 is 2. The van der Waals surface area contributed by atoms with Gasteiger partial charge in [-0.3, -0.25) is 18.9 Å². The molecule has 0 saturated carbocycles. The fraction of sp³-hybridized carbons (Fsp3) is 0.267. The molecule has 3 atom stereocenters. The van der Waals surface area contributed by atoms with E-state index in [-0.39, 0.29) is 13.2 Å². The molecule has 5 rings (SSSR count). The van der Waals surface area contributed by atoms with Crippen LogP contribution in [0.2, 0.25) is 0 Å². The second-order valence-electron chi connectivity index (χ2n) is 9.52. The Labute approximate surface area is 248 Å². The maximum Gasteiger partial charge on any atom is 0.330 e. The molecular weight excluding hydrogens is 579 g/mol. The van der Waals surface area contributed by atoms with Crippen molar-refractivity contribution in [2.45, 2.75) is 24.2 Å². The van der Waals surface area contributed by atoms with Crippen molar-refractivity contribution in [3.8, 4) is 11.5 Å². The van der Waals surface area contributed by atoms with Crippen LogP contribution in [0.1, 0.15) is 22.9 Å². The van der Waals surface area contributed by atoms with Crippen molar-refractivity contribution >= 4 is 8.60 Å². The van der Waals surface area contributed by atoms with Crippen molar-refractivity contribution in [3.63, 3.8) is 0 Å². The van der Waals surface area contributed by atoms with Gasteiger partial charge in [0.15, 0.2) is 12.5 Å². The average molecular weight is 611 g/mol. The molecule has 4 aromatic rings. The Balaban J connectivity index is 1.58. The highest BCUT2D eigenvalue weighted by atomic mass is 31.2. The van der Waals surface area contributed by atoms with Crippen LogP contribution in [0.4, 0.5) is 0 Å². The number of H-pyrrole nitrogens is 1. The summed E-state index contributed by atoms with van der Waals surface area (Å²) in [5, 5.41) is 0. The minimum absolute atomic E-state index is 0.170. The minimum Gasteiger partial charge on any atom is -0.497 e. The summed E-state index contributed by atoms with van der Waals surface area (Å²) in [5.41, 5.74) is -0.144. The van der Waals surface area contributed by atoms with Crippen LogP contribution in [0.5, 0.6) is 11.5 Å². The van der Waals surface area contributed by atoms with Gasteiger partial charge in [-0.25, -0.2) is 4.79 Å². The van der Waals surface area contributed by atoms with Crippen molar-refractivity contribution in [1.29, 1.82) is 0 Å². The fourth-order valence-corrected chi connectivity index (χ4v) is 5.36. The van der Waals surface area contributed by atoms with Gasteiger partial charge < -0.3 is 33.5 Å². The molecule has 1 aliphatic heterocycles. The number of nitrogens with one attached hydrogen (secondary N) is 1. The minimum atomic E-state index is -2.82. The van der Waals surface area contributed by atoms with Gasteiger partial charge >= 0.3 is 14.3 Å². The van der Waals surface area contributed by atoms with E-state index >= 15 is 0 Å². The molecule has 12 nitrogen and oxygen atoms in total.